The molecule has 0 atom stereocenters. The van der Waals surface area contributed by atoms with Crippen LogP contribution in [0.15, 0.2) is 18.2 Å². The molecule has 0 saturated heterocycles. The summed E-state index contributed by atoms with van der Waals surface area (Å²) in [5, 5.41) is 3.75. The van der Waals surface area contributed by atoms with Gasteiger partial charge >= 0.3 is 0 Å². The van der Waals surface area contributed by atoms with Crippen molar-refractivity contribution in [2.24, 2.45) is 5.92 Å². The summed E-state index contributed by atoms with van der Waals surface area (Å²) in [5.74, 6) is 0.304. The van der Waals surface area contributed by atoms with Gasteiger partial charge in [-0.3, -0.25) is 9.59 Å². The molecule has 2 amide bonds. The monoisotopic (exact) mass is 344 g/mol. The Labute approximate surface area is 141 Å². The number of anilines is 1. The van der Waals surface area contributed by atoms with Gasteiger partial charge in [-0.25, -0.2) is 0 Å². The summed E-state index contributed by atoms with van der Waals surface area (Å²) in [6.45, 7) is 6.59. The summed E-state index contributed by atoms with van der Waals surface area (Å²) in [4.78, 5) is 25.1. The molecule has 0 aliphatic carbocycles. The third-order valence-corrected chi connectivity index (χ3v) is 3.72. The summed E-state index contributed by atoms with van der Waals surface area (Å²) in [6, 6.07) is 4.93. The molecule has 4 nitrogen and oxygen atoms in total. The number of nitrogens with zero attached hydrogens (tertiary/aromatic N) is 1. The Kier molecular flexibility index (Phi) is 7.69. The number of carbonyl (C=O) groups excluding carboxylic acids is 2. The van der Waals surface area contributed by atoms with E-state index in [9.17, 15) is 9.59 Å². The SMILES string of the molecule is CC(=O)N(CCC(=O)NCCC(C)C)c1ccc(Cl)cc1Cl. The van der Waals surface area contributed by atoms with Crippen LogP contribution in [0.5, 0.6) is 0 Å². The van der Waals surface area contributed by atoms with E-state index in [1.54, 1.807) is 18.2 Å². The van der Waals surface area contributed by atoms with E-state index >= 15 is 0 Å². The predicted octanol–water partition coefficient (Wildman–Crippen LogP) is 3.90. The Morgan fingerprint density at radius 2 is 1.95 bits per heavy atom. The van der Waals surface area contributed by atoms with Crippen LogP contribution in [-0.4, -0.2) is 24.9 Å². The van der Waals surface area contributed by atoms with Crippen LogP contribution in [0, 0.1) is 5.92 Å². The lowest BCUT2D eigenvalue weighted by Crippen LogP contribution is -2.34. The molecule has 0 bridgehead atoms. The fraction of sp³-hybridized carbons (Fsp3) is 0.500. The molecule has 1 aromatic carbocycles. The second kappa shape index (κ2) is 9.01. The lowest BCUT2D eigenvalue weighted by Gasteiger charge is -2.22. The van der Waals surface area contributed by atoms with Crippen molar-refractivity contribution in [2.45, 2.75) is 33.6 Å². The van der Waals surface area contributed by atoms with Gasteiger partial charge in [0.1, 0.15) is 0 Å². The number of amides is 2. The van der Waals surface area contributed by atoms with Crippen LogP contribution in [0.2, 0.25) is 10.0 Å². The number of rotatable bonds is 7. The predicted molar refractivity (Wildman–Crippen MR) is 91.6 cm³/mol. The molecule has 122 valence electrons. The minimum atomic E-state index is -0.167. The van der Waals surface area contributed by atoms with Crippen molar-refractivity contribution < 1.29 is 9.59 Å². The van der Waals surface area contributed by atoms with E-state index in [0.717, 1.165) is 6.42 Å². The molecule has 6 heteroatoms. The highest BCUT2D eigenvalue weighted by atomic mass is 35.5. The molecule has 0 radical (unpaired) electrons. The molecular weight excluding hydrogens is 323 g/mol. The zero-order valence-corrected chi connectivity index (χ0v) is 14.7. The topological polar surface area (TPSA) is 49.4 Å². The molecule has 0 heterocycles. The van der Waals surface area contributed by atoms with Crippen LogP contribution in [0.25, 0.3) is 0 Å². The van der Waals surface area contributed by atoms with Crippen molar-refractivity contribution in [1.82, 2.24) is 5.32 Å². The molecule has 1 aromatic rings. The van der Waals surface area contributed by atoms with Crippen molar-refractivity contribution in [3.05, 3.63) is 28.2 Å². The fourth-order valence-electron chi connectivity index (χ4n) is 1.95. The third kappa shape index (κ3) is 6.24. The number of hydrogen-bond donors (Lipinski definition) is 1. The average molecular weight is 345 g/mol. The Balaban J connectivity index is 2.62. The van der Waals surface area contributed by atoms with E-state index < -0.39 is 0 Å². The van der Waals surface area contributed by atoms with E-state index in [1.165, 1.54) is 11.8 Å². The number of nitrogens with one attached hydrogen (secondary N) is 1. The van der Waals surface area contributed by atoms with Crippen LogP contribution in [0.4, 0.5) is 5.69 Å². The van der Waals surface area contributed by atoms with Gasteiger partial charge in [-0.15, -0.1) is 0 Å². The zero-order chi connectivity index (χ0) is 16.7. The molecule has 0 aliphatic rings. The van der Waals surface area contributed by atoms with E-state index in [1.807, 2.05) is 0 Å². The molecule has 0 unspecified atom stereocenters. The molecule has 0 saturated carbocycles. The highest BCUT2D eigenvalue weighted by molar-refractivity contribution is 6.36. The molecule has 0 aliphatic heterocycles. The van der Waals surface area contributed by atoms with Crippen molar-refractivity contribution in [3.8, 4) is 0 Å². The quantitative estimate of drug-likeness (QED) is 0.815. The minimum absolute atomic E-state index is 0.0722. The first-order valence-electron chi connectivity index (χ1n) is 7.31. The second-order valence-corrected chi connectivity index (χ2v) is 6.39. The lowest BCUT2D eigenvalue weighted by molar-refractivity contribution is -0.121. The molecule has 0 spiro atoms. The van der Waals surface area contributed by atoms with Crippen LogP contribution < -0.4 is 10.2 Å². The van der Waals surface area contributed by atoms with E-state index in [4.69, 9.17) is 23.2 Å². The number of halogens is 2. The summed E-state index contributed by atoms with van der Waals surface area (Å²) in [5.41, 5.74) is 0.563. The van der Waals surface area contributed by atoms with Crippen LogP contribution >= 0.6 is 23.2 Å². The Hall–Kier alpha value is -1.26. The number of benzene rings is 1. The molecule has 0 fully saturated rings. The molecule has 22 heavy (non-hydrogen) atoms. The fourth-order valence-corrected chi connectivity index (χ4v) is 2.46. The van der Waals surface area contributed by atoms with Crippen LogP contribution in [0.1, 0.15) is 33.6 Å². The van der Waals surface area contributed by atoms with Gasteiger partial charge < -0.3 is 10.2 Å². The van der Waals surface area contributed by atoms with Gasteiger partial charge in [0, 0.05) is 31.5 Å². The van der Waals surface area contributed by atoms with Crippen molar-refractivity contribution in [3.63, 3.8) is 0 Å². The standard InChI is InChI=1S/C16H22Cl2N2O2/c1-11(2)6-8-19-16(22)7-9-20(12(3)21)15-5-4-13(17)10-14(15)18/h4-5,10-11H,6-9H2,1-3H3,(H,19,22). The van der Waals surface area contributed by atoms with E-state index in [0.29, 0.717) is 28.2 Å². The maximum absolute atomic E-state index is 11.8. The van der Waals surface area contributed by atoms with Gasteiger partial charge in [0.25, 0.3) is 0 Å². The third-order valence-electron chi connectivity index (χ3n) is 3.19. The summed E-state index contributed by atoms with van der Waals surface area (Å²) < 4.78 is 0. The maximum Gasteiger partial charge on any atom is 0.223 e. The Morgan fingerprint density at radius 1 is 1.27 bits per heavy atom. The van der Waals surface area contributed by atoms with Crippen molar-refractivity contribution in [2.75, 3.05) is 18.0 Å². The molecule has 1 N–H and O–H groups in total. The molecule has 1 rings (SSSR count). The first-order chi connectivity index (χ1) is 10.3. The first-order valence-corrected chi connectivity index (χ1v) is 8.06. The van der Waals surface area contributed by atoms with Gasteiger partial charge in [0.15, 0.2) is 0 Å². The van der Waals surface area contributed by atoms with Gasteiger partial charge in [-0.2, -0.15) is 0 Å². The summed E-state index contributed by atoms with van der Waals surface area (Å²) in [6.07, 6.45) is 1.17. The summed E-state index contributed by atoms with van der Waals surface area (Å²) >= 11 is 12.0. The minimum Gasteiger partial charge on any atom is -0.356 e. The highest BCUT2D eigenvalue weighted by Gasteiger charge is 2.16. The zero-order valence-electron chi connectivity index (χ0n) is 13.2. The number of hydrogen-bond acceptors (Lipinski definition) is 2. The Morgan fingerprint density at radius 3 is 2.50 bits per heavy atom. The summed E-state index contributed by atoms with van der Waals surface area (Å²) in [7, 11) is 0. The van der Waals surface area contributed by atoms with E-state index in [2.05, 4.69) is 19.2 Å². The molecular formula is C16H22Cl2N2O2. The smallest absolute Gasteiger partial charge is 0.223 e. The molecule has 0 aromatic heterocycles. The number of carbonyl (C=O) groups is 2. The average Bonchev–Trinajstić information content (AvgIpc) is 2.40. The highest BCUT2D eigenvalue weighted by Crippen LogP contribution is 2.29. The van der Waals surface area contributed by atoms with E-state index in [-0.39, 0.29) is 24.8 Å². The Bertz CT molecular complexity index is 533. The van der Waals surface area contributed by atoms with Crippen molar-refractivity contribution in [1.29, 1.82) is 0 Å². The van der Waals surface area contributed by atoms with Gasteiger partial charge in [0.05, 0.1) is 10.7 Å². The largest absolute Gasteiger partial charge is 0.356 e. The lowest BCUT2D eigenvalue weighted by atomic mass is 10.1. The van der Waals surface area contributed by atoms with Gasteiger partial charge in [-0.05, 0) is 30.5 Å². The normalized spacial score (nSPS) is 10.6. The van der Waals surface area contributed by atoms with Gasteiger partial charge in [-0.1, -0.05) is 37.0 Å². The second-order valence-electron chi connectivity index (χ2n) is 5.55. The van der Waals surface area contributed by atoms with Crippen molar-refractivity contribution >= 4 is 40.7 Å². The van der Waals surface area contributed by atoms with Crippen LogP contribution in [0.3, 0.4) is 0 Å². The maximum atomic E-state index is 11.8. The first kappa shape index (κ1) is 18.8. The van der Waals surface area contributed by atoms with Gasteiger partial charge in [0.2, 0.25) is 11.8 Å². The van der Waals surface area contributed by atoms with Crippen LogP contribution in [-0.2, 0) is 9.59 Å².